The molecule has 1 aromatic carbocycles. The highest BCUT2D eigenvalue weighted by Crippen LogP contribution is 2.49. The summed E-state index contributed by atoms with van der Waals surface area (Å²) < 4.78 is 11.4. The third-order valence-corrected chi connectivity index (χ3v) is 5.85. The number of aryl methyl sites for hydroxylation is 2. The highest BCUT2D eigenvalue weighted by atomic mass is 16.7. The molecular formula is C20H26N2O4. The minimum Gasteiger partial charge on any atom is -0.347 e. The Kier molecular flexibility index (Phi) is 4.28. The van der Waals surface area contributed by atoms with E-state index in [9.17, 15) is 9.59 Å². The molecule has 140 valence electrons. The Morgan fingerprint density at radius 1 is 1.04 bits per heavy atom. The van der Waals surface area contributed by atoms with Crippen molar-refractivity contribution in [3.8, 4) is 0 Å². The van der Waals surface area contributed by atoms with Gasteiger partial charge < -0.3 is 19.7 Å². The predicted octanol–water partition coefficient (Wildman–Crippen LogP) is 2.39. The predicted molar refractivity (Wildman–Crippen MR) is 96.7 cm³/mol. The van der Waals surface area contributed by atoms with Crippen LogP contribution in [0.5, 0.6) is 0 Å². The summed E-state index contributed by atoms with van der Waals surface area (Å²) in [4.78, 5) is 27.7. The second kappa shape index (κ2) is 6.35. The first-order valence-electron chi connectivity index (χ1n) is 9.40. The number of ether oxygens (including phenoxy) is 2. The molecule has 0 bridgehead atoms. The van der Waals surface area contributed by atoms with Gasteiger partial charge in [0.15, 0.2) is 5.79 Å². The van der Waals surface area contributed by atoms with Gasteiger partial charge in [0.25, 0.3) is 0 Å². The average Bonchev–Trinajstić information content (AvgIpc) is 3.33. The summed E-state index contributed by atoms with van der Waals surface area (Å²) in [6, 6.07) is 5.90. The maximum Gasteiger partial charge on any atom is 0.240 e. The van der Waals surface area contributed by atoms with Crippen molar-refractivity contribution in [3.63, 3.8) is 0 Å². The molecule has 1 saturated carbocycles. The van der Waals surface area contributed by atoms with Crippen LogP contribution in [-0.2, 0) is 19.1 Å². The first-order chi connectivity index (χ1) is 12.4. The van der Waals surface area contributed by atoms with E-state index in [4.69, 9.17) is 9.47 Å². The van der Waals surface area contributed by atoms with E-state index in [-0.39, 0.29) is 11.8 Å². The number of hydrogen-bond donors (Lipinski definition) is 1. The fourth-order valence-electron chi connectivity index (χ4n) is 4.00. The van der Waals surface area contributed by atoms with E-state index in [2.05, 4.69) is 5.32 Å². The highest BCUT2D eigenvalue weighted by molar-refractivity contribution is 6.13. The van der Waals surface area contributed by atoms with Crippen LogP contribution in [0.4, 0.5) is 5.69 Å². The Labute approximate surface area is 153 Å². The van der Waals surface area contributed by atoms with Gasteiger partial charge in [-0.15, -0.1) is 0 Å². The van der Waals surface area contributed by atoms with Crippen LogP contribution in [0.25, 0.3) is 0 Å². The standard InChI is InChI=1S/C20H26N2O4/c1-14-3-4-16(15(2)13-14)21-17(23)19(5-6-19)18(24)22-9-7-20(8-10-22)25-11-12-26-20/h3-4,13H,5-12H2,1-2H3,(H,21,23). The van der Waals surface area contributed by atoms with Gasteiger partial charge in [0.1, 0.15) is 5.41 Å². The summed E-state index contributed by atoms with van der Waals surface area (Å²) in [7, 11) is 0. The van der Waals surface area contributed by atoms with Gasteiger partial charge in [-0.1, -0.05) is 17.7 Å². The molecule has 1 spiro atoms. The third kappa shape index (κ3) is 3.01. The van der Waals surface area contributed by atoms with E-state index in [1.807, 2.05) is 36.9 Å². The molecule has 0 unspecified atom stereocenters. The molecule has 26 heavy (non-hydrogen) atoms. The van der Waals surface area contributed by atoms with E-state index in [1.54, 1.807) is 0 Å². The molecule has 2 heterocycles. The lowest BCUT2D eigenvalue weighted by Gasteiger charge is -2.38. The van der Waals surface area contributed by atoms with Crippen LogP contribution in [0.2, 0.25) is 0 Å². The molecule has 2 amide bonds. The minimum atomic E-state index is -0.890. The topological polar surface area (TPSA) is 67.9 Å². The Morgan fingerprint density at radius 3 is 2.27 bits per heavy atom. The molecule has 2 saturated heterocycles. The van der Waals surface area contributed by atoms with E-state index in [0.717, 1.165) is 16.8 Å². The van der Waals surface area contributed by atoms with Crippen molar-refractivity contribution in [2.45, 2.75) is 45.3 Å². The molecule has 0 aromatic heterocycles. The number of piperidine rings is 1. The summed E-state index contributed by atoms with van der Waals surface area (Å²) >= 11 is 0. The molecule has 6 nitrogen and oxygen atoms in total. The fourth-order valence-corrected chi connectivity index (χ4v) is 4.00. The monoisotopic (exact) mass is 358 g/mol. The van der Waals surface area contributed by atoms with Crippen molar-refractivity contribution in [3.05, 3.63) is 29.3 Å². The second-order valence-electron chi connectivity index (χ2n) is 7.75. The van der Waals surface area contributed by atoms with Crippen molar-refractivity contribution in [1.29, 1.82) is 0 Å². The molecule has 3 fully saturated rings. The number of anilines is 1. The van der Waals surface area contributed by atoms with Gasteiger partial charge in [-0.05, 0) is 38.3 Å². The Hall–Kier alpha value is -1.92. The number of rotatable bonds is 3. The molecule has 4 rings (SSSR count). The fraction of sp³-hybridized carbons (Fsp3) is 0.600. The van der Waals surface area contributed by atoms with Crippen LogP contribution in [-0.4, -0.2) is 48.8 Å². The summed E-state index contributed by atoms with van der Waals surface area (Å²) in [5.41, 5.74) is 2.05. The lowest BCUT2D eigenvalue weighted by Crippen LogP contribution is -2.51. The first-order valence-corrected chi connectivity index (χ1v) is 9.40. The number of amides is 2. The summed E-state index contributed by atoms with van der Waals surface area (Å²) in [5.74, 6) is -0.731. The van der Waals surface area contributed by atoms with Gasteiger partial charge in [-0.3, -0.25) is 9.59 Å². The maximum atomic E-state index is 13.0. The molecule has 1 N–H and O–H groups in total. The zero-order chi connectivity index (χ0) is 18.4. The number of nitrogens with one attached hydrogen (secondary N) is 1. The van der Waals surface area contributed by atoms with Gasteiger partial charge in [0.05, 0.1) is 13.2 Å². The molecule has 3 aliphatic rings. The Bertz CT molecular complexity index is 725. The smallest absolute Gasteiger partial charge is 0.240 e. The van der Waals surface area contributed by atoms with Crippen LogP contribution in [0.15, 0.2) is 18.2 Å². The van der Waals surface area contributed by atoms with Gasteiger partial charge in [0.2, 0.25) is 11.8 Å². The van der Waals surface area contributed by atoms with Crippen LogP contribution < -0.4 is 5.32 Å². The molecule has 0 atom stereocenters. The SMILES string of the molecule is Cc1ccc(NC(=O)C2(C(=O)N3CCC4(CC3)OCCO4)CC2)c(C)c1. The van der Waals surface area contributed by atoms with Gasteiger partial charge in [-0.2, -0.15) is 0 Å². The lowest BCUT2D eigenvalue weighted by atomic mass is 9.98. The largest absolute Gasteiger partial charge is 0.347 e. The van der Waals surface area contributed by atoms with E-state index < -0.39 is 11.2 Å². The summed E-state index contributed by atoms with van der Waals surface area (Å²) in [5, 5.41) is 2.97. The molecule has 1 aliphatic carbocycles. The minimum absolute atomic E-state index is 0.0485. The highest BCUT2D eigenvalue weighted by Gasteiger charge is 2.58. The molecule has 6 heteroatoms. The van der Waals surface area contributed by atoms with Crippen molar-refractivity contribution in [2.24, 2.45) is 5.41 Å². The summed E-state index contributed by atoms with van der Waals surface area (Å²) in [6.07, 6.45) is 2.59. The van der Waals surface area contributed by atoms with Crippen LogP contribution in [0.1, 0.15) is 36.8 Å². The molecule has 1 aromatic rings. The van der Waals surface area contributed by atoms with Gasteiger partial charge in [-0.25, -0.2) is 0 Å². The van der Waals surface area contributed by atoms with Crippen LogP contribution >= 0.6 is 0 Å². The van der Waals surface area contributed by atoms with Crippen LogP contribution in [0.3, 0.4) is 0 Å². The van der Waals surface area contributed by atoms with Crippen molar-refractivity contribution in [1.82, 2.24) is 4.90 Å². The normalized spacial score (nSPS) is 23.1. The molecular weight excluding hydrogens is 332 g/mol. The Morgan fingerprint density at radius 2 is 1.69 bits per heavy atom. The maximum absolute atomic E-state index is 13.0. The van der Waals surface area contributed by atoms with E-state index in [0.29, 0.717) is 52.0 Å². The first kappa shape index (κ1) is 17.5. The zero-order valence-corrected chi connectivity index (χ0v) is 15.5. The van der Waals surface area contributed by atoms with E-state index in [1.165, 1.54) is 0 Å². The average molecular weight is 358 g/mol. The van der Waals surface area contributed by atoms with Crippen molar-refractivity contribution in [2.75, 3.05) is 31.6 Å². The number of carbonyl (C=O) groups is 2. The third-order valence-electron chi connectivity index (χ3n) is 5.85. The second-order valence-corrected chi connectivity index (χ2v) is 7.75. The van der Waals surface area contributed by atoms with Crippen molar-refractivity contribution >= 4 is 17.5 Å². The van der Waals surface area contributed by atoms with Crippen molar-refractivity contribution < 1.29 is 19.1 Å². The number of carbonyl (C=O) groups excluding carboxylic acids is 2. The Balaban J connectivity index is 1.41. The summed E-state index contributed by atoms with van der Waals surface area (Å²) in [6.45, 7) is 6.39. The number of hydrogen-bond acceptors (Lipinski definition) is 4. The van der Waals surface area contributed by atoms with E-state index >= 15 is 0 Å². The van der Waals surface area contributed by atoms with Gasteiger partial charge in [0, 0.05) is 31.6 Å². The molecule has 0 radical (unpaired) electrons. The molecule has 2 aliphatic heterocycles. The lowest BCUT2D eigenvalue weighted by molar-refractivity contribution is -0.188. The number of benzene rings is 1. The van der Waals surface area contributed by atoms with Crippen LogP contribution in [0, 0.1) is 19.3 Å². The zero-order valence-electron chi connectivity index (χ0n) is 15.5. The quantitative estimate of drug-likeness (QED) is 0.843. The number of nitrogens with zero attached hydrogens (tertiary/aromatic N) is 1. The van der Waals surface area contributed by atoms with Gasteiger partial charge >= 0.3 is 0 Å². The number of likely N-dealkylation sites (tertiary alicyclic amines) is 1.